The van der Waals surface area contributed by atoms with E-state index < -0.39 is 11.8 Å². The fourth-order valence-corrected chi connectivity index (χ4v) is 1.67. The number of carbonyl (C=O) groups excluding carboxylic acids is 2. The molecule has 0 bridgehead atoms. The van der Waals surface area contributed by atoms with Crippen LogP contribution in [-0.2, 0) is 9.59 Å². The third-order valence-electron chi connectivity index (χ3n) is 2.75. The molecule has 0 aromatic heterocycles. The Kier molecular flexibility index (Phi) is 6.37. The number of methoxy groups -OCH3 is 2. The van der Waals surface area contributed by atoms with E-state index in [9.17, 15) is 9.59 Å². The van der Waals surface area contributed by atoms with Gasteiger partial charge in [0.1, 0.15) is 11.5 Å². The Labute approximate surface area is 129 Å². The highest BCUT2D eigenvalue weighted by molar-refractivity contribution is 6.35. The monoisotopic (exact) mass is 307 g/mol. The molecule has 0 aliphatic carbocycles. The van der Waals surface area contributed by atoms with Gasteiger partial charge in [-0.1, -0.05) is 0 Å². The summed E-state index contributed by atoms with van der Waals surface area (Å²) in [5.41, 5.74) is 3.41. The molecule has 0 spiro atoms. The highest BCUT2D eigenvalue weighted by atomic mass is 16.5. The maximum Gasteiger partial charge on any atom is 0.329 e. The summed E-state index contributed by atoms with van der Waals surface area (Å²) in [4.78, 5) is 23.1. The van der Waals surface area contributed by atoms with E-state index in [1.165, 1.54) is 7.11 Å². The molecule has 1 aromatic rings. The van der Waals surface area contributed by atoms with Crippen LogP contribution < -0.4 is 20.2 Å². The number of hydrogen-bond acceptors (Lipinski definition) is 5. The second-order valence-electron chi connectivity index (χ2n) is 4.83. The van der Waals surface area contributed by atoms with Crippen LogP contribution in [0.25, 0.3) is 0 Å². The fraction of sp³-hybridized carbons (Fsp3) is 0.400. The Morgan fingerprint density at radius 2 is 1.82 bits per heavy atom. The molecule has 0 heterocycles. The maximum atomic E-state index is 11.6. The number of nitrogens with zero attached hydrogens (tertiary/aromatic N) is 1. The first-order valence-electron chi connectivity index (χ1n) is 6.76. The van der Waals surface area contributed by atoms with Gasteiger partial charge in [-0.05, 0) is 32.9 Å². The van der Waals surface area contributed by atoms with Gasteiger partial charge in [0.2, 0.25) is 0 Å². The van der Waals surface area contributed by atoms with Crippen molar-refractivity contribution in [3.05, 3.63) is 23.8 Å². The van der Waals surface area contributed by atoms with Crippen molar-refractivity contribution in [3.8, 4) is 11.5 Å². The molecule has 0 saturated heterocycles. The molecule has 0 unspecified atom stereocenters. The molecule has 0 aliphatic rings. The number of rotatable bonds is 5. The second-order valence-corrected chi connectivity index (χ2v) is 4.83. The zero-order chi connectivity index (χ0) is 16.7. The summed E-state index contributed by atoms with van der Waals surface area (Å²) in [5, 5.41) is 6.40. The minimum atomic E-state index is -0.819. The van der Waals surface area contributed by atoms with Crippen LogP contribution in [0.15, 0.2) is 23.3 Å². The lowest BCUT2D eigenvalue weighted by Crippen LogP contribution is -2.41. The summed E-state index contributed by atoms with van der Waals surface area (Å²) >= 11 is 0. The highest BCUT2D eigenvalue weighted by Gasteiger charge is 2.14. The number of hydrogen-bond donors (Lipinski definition) is 2. The van der Waals surface area contributed by atoms with Crippen LogP contribution in [-0.4, -0.2) is 37.8 Å². The molecule has 0 saturated carbocycles. The Bertz CT molecular complexity index is 582. The molecule has 7 heteroatoms. The standard InChI is InChI=1S/C15H21N3O4/c1-9(2)16-14(19)15(20)18-17-10(3)12-7-6-11(21-4)8-13(12)22-5/h6-9H,1-5H3,(H,16,19)(H,18,20)/b17-10-. The molecule has 0 radical (unpaired) electrons. The van der Waals surface area contributed by atoms with E-state index in [1.807, 2.05) is 0 Å². The van der Waals surface area contributed by atoms with Crippen molar-refractivity contribution in [3.63, 3.8) is 0 Å². The molecule has 7 nitrogen and oxygen atoms in total. The van der Waals surface area contributed by atoms with Gasteiger partial charge in [0.05, 0.1) is 19.9 Å². The van der Waals surface area contributed by atoms with Crippen LogP contribution in [0, 0.1) is 0 Å². The van der Waals surface area contributed by atoms with Gasteiger partial charge in [0, 0.05) is 17.7 Å². The lowest BCUT2D eigenvalue weighted by molar-refractivity contribution is -0.139. The molecule has 120 valence electrons. The number of benzene rings is 1. The normalized spacial score (nSPS) is 11.1. The van der Waals surface area contributed by atoms with Crippen LogP contribution in [0.2, 0.25) is 0 Å². The lowest BCUT2D eigenvalue weighted by Gasteiger charge is -2.10. The second kappa shape index (κ2) is 8.02. The average molecular weight is 307 g/mol. The van der Waals surface area contributed by atoms with E-state index >= 15 is 0 Å². The van der Waals surface area contributed by atoms with Crippen molar-refractivity contribution in [1.82, 2.24) is 10.7 Å². The minimum absolute atomic E-state index is 0.120. The van der Waals surface area contributed by atoms with E-state index in [0.29, 0.717) is 22.8 Å². The van der Waals surface area contributed by atoms with E-state index in [-0.39, 0.29) is 6.04 Å². The predicted octanol–water partition coefficient (Wildman–Crippen LogP) is 1.07. The Hall–Kier alpha value is -2.57. The molecule has 1 aromatic carbocycles. The largest absolute Gasteiger partial charge is 0.497 e. The van der Waals surface area contributed by atoms with Crippen LogP contribution in [0.5, 0.6) is 11.5 Å². The van der Waals surface area contributed by atoms with Gasteiger partial charge < -0.3 is 14.8 Å². The maximum absolute atomic E-state index is 11.6. The fourth-order valence-electron chi connectivity index (χ4n) is 1.67. The van der Waals surface area contributed by atoms with Crippen LogP contribution in [0.4, 0.5) is 0 Å². The van der Waals surface area contributed by atoms with Gasteiger partial charge in [0.15, 0.2) is 0 Å². The summed E-state index contributed by atoms with van der Waals surface area (Å²) in [6, 6.07) is 5.10. The van der Waals surface area contributed by atoms with Crippen LogP contribution in [0.1, 0.15) is 26.3 Å². The van der Waals surface area contributed by atoms with Crippen molar-refractivity contribution in [2.75, 3.05) is 14.2 Å². The van der Waals surface area contributed by atoms with Gasteiger partial charge in [-0.25, -0.2) is 5.43 Å². The first-order valence-corrected chi connectivity index (χ1v) is 6.76. The van der Waals surface area contributed by atoms with Crippen molar-refractivity contribution < 1.29 is 19.1 Å². The summed E-state index contributed by atoms with van der Waals surface area (Å²) in [7, 11) is 3.09. The molecule has 1 rings (SSSR count). The smallest absolute Gasteiger partial charge is 0.329 e. The average Bonchev–Trinajstić information content (AvgIpc) is 2.50. The Morgan fingerprint density at radius 3 is 2.36 bits per heavy atom. The van der Waals surface area contributed by atoms with Crippen molar-refractivity contribution in [1.29, 1.82) is 0 Å². The van der Waals surface area contributed by atoms with E-state index in [4.69, 9.17) is 9.47 Å². The van der Waals surface area contributed by atoms with E-state index in [0.717, 1.165) is 0 Å². The van der Waals surface area contributed by atoms with Gasteiger partial charge in [-0.3, -0.25) is 9.59 Å². The number of ether oxygens (including phenoxy) is 2. The summed E-state index contributed by atoms with van der Waals surface area (Å²) in [5.74, 6) is -0.344. The van der Waals surface area contributed by atoms with Crippen molar-refractivity contribution in [2.24, 2.45) is 5.10 Å². The number of carbonyl (C=O) groups is 2. The zero-order valence-electron chi connectivity index (χ0n) is 13.4. The lowest BCUT2D eigenvalue weighted by atomic mass is 10.1. The van der Waals surface area contributed by atoms with Gasteiger partial charge in [0.25, 0.3) is 0 Å². The Morgan fingerprint density at radius 1 is 1.14 bits per heavy atom. The third kappa shape index (κ3) is 4.76. The van der Waals surface area contributed by atoms with Gasteiger partial charge >= 0.3 is 11.8 Å². The SMILES string of the molecule is COc1ccc(/C(C)=N\NC(=O)C(=O)NC(C)C)c(OC)c1. The summed E-state index contributed by atoms with van der Waals surface area (Å²) in [6.45, 7) is 5.23. The zero-order valence-corrected chi connectivity index (χ0v) is 13.4. The number of nitrogens with one attached hydrogen (secondary N) is 2. The first-order chi connectivity index (χ1) is 10.4. The molecule has 22 heavy (non-hydrogen) atoms. The summed E-state index contributed by atoms with van der Waals surface area (Å²) < 4.78 is 10.4. The molecular formula is C15H21N3O4. The number of amides is 2. The predicted molar refractivity (Wildman–Crippen MR) is 83.2 cm³/mol. The quantitative estimate of drug-likeness (QED) is 0.484. The Balaban J connectivity index is 2.85. The van der Waals surface area contributed by atoms with E-state index in [2.05, 4.69) is 15.8 Å². The summed E-state index contributed by atoms with van der Waals surface area (Å²) in [6.07, 6.45) is 0. The van der Waals surface area contributed by atoms with Crippen molar-refractivity contribution in [2.45, 2.75) is 26.8 Å². The third-order valence-corrected chi connectivity index (χ3v) is 2.75. The molecular weight excluding hydrogens is 286 g/mol. The first kappa shape index (κ1) is 17.5. The van der Waals surface area contributed by atoms with Crippen LogP contribution in [0.3, 0.4) is 0 Å². The topological polar surface area (TPSA) is 89.0 Å². The highest BCUT2D eigenvalue weighted by Crippen LogP contribution is 2.24. The van der Waals surface area contributed by atoms with Crippen LogP contribution >= 0.6 is 0 Å². The molecule has 0 aliphatic heterocycles. The minimum Gasteiger partial charge on any atom is -0.497 e. The molecule has 0 atom stereocenters. The van der Waals surface area contributed by atoms with Gasteiger partial charge in [-0.15, -0.1) is 0 Å². The van der Waals surface area contributed by atoms with E-state index in [1.54, 1.807) is 46.1 Å². The van der Waals surface area contributed by atoms with Gasteiger partial charge in [-0.2, -0.15) is 5.10 Å². The molecule has 0 fully saturated rings. The molecule has 2 N–H and O–H groups in total. The molecule has 2 amide bonds. The van der Waals surface area contributed by atoms with Crippen molar-refractivity contribution >= 4 is 17.5 Å². The number of hydrazone groups is 1.